The number of hydrogen-bond acceptors (Lipinski definition) is 2. The first-order chi connectivity index (χ1) is 7.86. The summed E-state index contributed by atoms with van der Waals surface area (Å²) >= 11 is 0. The quantitative estimate of drug-likeness (QED) is 0.708. The van der Waals surface area contributed by atoms with Gasteiger partial charge in [0, 0.05) is 17.8 Å². The number of ketones is 1. The molecule has 1 heterocycles. The second kappa shape index (κ2) is 3.49. The Labute approximate surface area is 94.2 Å². The molecule has 2 aliphatic rings. The van der Waals surface area contributed by atoms with Gasteiger partial charge in [-0.3, -0.25) is 4.79 Å². The molecule has 2 heteroatoms. The SMILES string of the molecule is O=C1C=CC=C2C1=CCN2c1ccccc1. The molecule has 0 atom stereocenters. The second-order valence-electron chi connectivity index (χ2n) is 3.84. The summed E-state index contributed by atoms with van der Waals surface area (Å²) in [6.45, 7) is 0.776. The Morgan fingerprint density at radius 2 is 1.94 bits per heavy atom. The van der Waals surface area contributed by atoms with Crippen molar-refractivity contribution < 1.29 is 4.79 Å². The molecule has 0 fully saturated rings. The van der Waals surface area contributed by atoms with Crippen molar-refractivity contribution in [1.29, 1.82) is 0 Å². The van der Waals surface area contributed by atoms with E-state index < -0.39 is 0 Å². The molecule has 0 amide bonds. The van der Waals surface area contributed by atoms with Crippen molar-refractivity contribution in [2.24, 2.45) is 0 Å². The Morgan fingerprint density at radius 1 is 1.12 bits per heavy atom. The highest BCUT2D eigenvalue weighted by molar-refractivity contribution is 6.10. The summed E-state index contributed by atoms with van der Waals surface area (Å²) in [5, 5.41) is 0. The molecule has 0 bridgehead atoms. The maximum absolute atomic E-state index is 11.6. The summed E-state index contributed by atoms with van der Waals surface area (Å²) in [7, 11) is 0. The minimum absolute atomic E-state index is 0.107. The highest BCUT2D eigenvalue weighted by Gasteiger charge is 2.25. The minimum atomic E-state index is 0.107. The molecule has 0 saturated carbocycles. The summed E-state index contributed by atoms with van der Waals surface area (Å²) in [5.41, 5.74) is 2.97. The fourth-order valence-corrected chi connectivity index (χ4v) is 2.11. The third-order valence-electron chi connectivity index (χ3n) is 2.88. The number of nitrogens with zero attached hydrogens (tertiary/aromatic N) is 1. The van der Waals surface area contributed by atoms with E-state index in [0.717, 1.165) is 23.5 Å². The van der Waals surface area contributed by atoms with Crippen LogP contribution >= 0.6 is 0 Å². The van der Waals surface area contributed by atoms with Crippen molar-refractivity contribution >= 4 is 11.5 Å². The van der Waals surface area contributed by atoms with Gasteiger partial charge in [0.25, 0.3) is 0 Å². The summed E-state index contributed by atoms with van der Waals surface area (Å²) in [4.78, 5) is 13.8. The zero-order valence-corrected chi connectivity index (χ0v) is 8.76. The smallest absolute Gasteiger partial charge is 0.187 e. The fourth-order valence-electron chi connectivity index (χ4n) is 2.11. The third-order valence-corrected chi connectivity index (χ3v) is 2.88. The van der Waals surface area contributed by atoms with E-state index in [0.29, 0.717) is 0 Å². The molecule has 1 aromatic carbocycles. The van der Waals surface area contributed by atoms with Crippen LogP contribution in [0.5, 0.6) is 0 Å². The Balaban J connectivity index is 2.01. The van der Waals surface area contributed by atoms with Gasteiger partial charge in [0.05, 0.1) is 5.70 Å². The van der Waals surface area contributed by atoms with Crippen molar-refractivity contribution in [3.63, 3.8) is 0 Å². The zero-order chi connectivity index (χ0) is 11.0. The molecule has 16 heavy (non-hydrogen) atoms. The highest BCUT2D eigenvalue weighted by atomic mass is 16.1. The molecule has 78 valence electrons. The van der Waals surface area contributed by atoms with E-state index in [-0.39, 0.29) is 5.78 Å². The fraction of sp³-hybridized carbons (Fsp3) is 0.0714. The Bertz CT molecular complexity index is 523. The lowest BCUT2D eigenvalue weighted by Crippen LogP contribution is -2.20. The van der Waals surface area contributed by atoms with Crippen LogP contribution in [0.15, 0.2) is 65.9 Å². The lowest BCUT2D eigenvalue weighted by atomic mass is 10.0. The number of para-hydroxylation sites is 1. The summed E-state index contributed by atoms with van der Waals surface area (Å²) in [6, 6.07) is 10.1. The average Bonchev–Trinajstić information content (AvgIpc) is 2.75. The predicted octanol–water partition coefficient (Wildman–Crippen LogP) is 2.46. The molecule has 1 aromatic rings. The van der Waals surface area contributed by atoms with Gasteiger partial charge in [-0.25, -0.2) is 0 Å². The zero-order valence-electron chi connectivity index (χ0n) is 8.76. The molecule has 0 N–H and O–H groups in total. The molecule has 3 rings (SSSR count). The van der Waals surface area contributed by atoms with E-state index in [1.54, 1.807) is 6.08 Å². The lowest BCUT2D eigenvalue weighted by molar-refractivity contribution is -0.111. The first-order valence-corrected chi connectivity index (χ1v) is 5.32. The Hall–Kier alpha value is -2.09. The molecule has 1 aliphatic carbocycles. The molecule has 2 nitrogen and oxygen atoms in total. The maximum Gasteiger partial charge on any atom is 0.187 e. The average molecular weight is 209 g/mol. The van der Waals surface area contributed by atoms with Crippen molar-refractivity contribution in [3.8, 4) is 0 Å². The van der Waals surface area contributed by atoms with E-state index in [9.17, 15) is 4.79 Å². The Kier molecular flexibility index (Phi) is 2.00. The van der Waals surface area contributed by atoms with Crippen LogP contribution in [0.1, 0.15) is 0 Å². The van der Waals surface area contributed by atoms with Gasteiger partial charge in [-0.2, -0.15) is 0 Å². The van der Waals surface area contributed by atoms with Crippen molar-refractivity contribution in [2.75, 3.05) is 11.4 Å². The van der Waals surface area contributed by atoms with Crippen molar-refractivity contribution in [2.45, 2.75) is 0 Å². The molecular formula is C14H11NO. The molecule has 0 unspecified atom stereocenters. The van der Waals surface area contributed by atoms with Crippen LogP contribution in [-0.4, -0.2) is 12.3 Å². The number of rotatable bonds is 1. The van der Waals surface area contributed by atoms with Gasteiger partial charge in [0.1, 0.15) is 0 Å². The van der Waals surface area contributed by atoms with Crippen LogP contribution in [0.2, 0.25) is 0 Å². The number of benzene rings is 1. The lowest BCUT2D eigenvalue weighted by Gasteiger charge is -2.22. The van der Waals surface area contributed by atoms with Gasteiger partial charge < -0.3 is 4.90 Å². The number of allylic oxidation sites excluding steroid dienone is 4. The van der Waals surface area contributed by atoms with E-state index in [1.807, 2.05) is 36.4 Å². The predicted molar refractivity (Wildman–Crippen MR) is 64.1 cm³/mol. The first-order valence-electron chi connectivity index (χ1n) is 5.32. The Morgan fingerprint density at radius 3 is 2.75 bits per heavy atom. The number of carbonyl (C=O) groups excluding carboxylic acids is 1. The van der Waals surface area contributed by atoms with Gasteiger partial charge >= 0.3 is 0 Å². The molecule has 0 spiro atoms. The van der Waals surface area contributed by atoms with Gasteiger partial charge in [0.15, 0.2) is 5.78 Å². The number of carbonyl (C=O) groups is 1. The van der Waals surface area contributed by atoms with Crippen LogP contribution in [0, 0.1) is 0 Å². The van der Waals surface area contributed by atoms with Crippen LogP contribution in [0.3, 0.4) is 0 Å². The highest BCUT2D eigenvalue weighted by Crippen LogP contribution is 2.31. The summed E-state index contributed by atoms with van der Waals surface area (Å²) in [6.07, 6.45) is 7.41. The molecule has 0 saturated heterocycles. The number of fused-ring (bicyclic) bond motifs is 1. The van der Waals surface area contributed by atoms with Crippen molar-refractivity contribution in [1.82, 2.24) is 0 Å². The van der Waals surface area contributed by atoms with E-state index >= 15 is 0 Å². The molecule has 0 aromatic heterocycles. The largest absolute Gasteiger partial charge is 0.337 e. The molecule has 1 aliphatic heterocycles. The van der Waals surface area contributed by atoms with E-state index in [1.165, 1.54) is 0 Å². The summed E-state index contributed by atoms with van der Waals surface area (Å²) in [5.74, 6) is 0.107. The standard InChI is InChI=1S/C14H11NO/c16-14-8-4-7-13-12(14)9-10-15(13)11-5-2-1-3-6-11/h1-9H,10H2. The number of anilines is 1. The number of hydrogen-bond donors (Lipinski definition) is 0. The van der Waals surface area contributed by atoms with E-state index in [2.05, 4.69) is 17.0 Å². The van der Waals surface area contributed by atoms with Gasteiger partial charge in [-0.05, 0) is 24.3 Å². The molecule has 0 radical (unpaired) electrons. The first kappa shape index (κ1) is 9.16. The topological polar surface area (TPSA) is 20.3 Å². The second-order valence-corrected chi connectivity index (χ2v) is 3.84. The van der Waals surface area contributed by atoms with Gasteiger partial charge in [-0.15, -0.1) is 0 Å². The maximum atomic E-state index is 11.6. The normalized spacial score (nSPS) is 18.2. The summed E-state index contributed by atoms with van der Waals surface area (Å²) < 4.78 is 0. The van der Waals surface area contributed by atoms with Crippen LogP contribution in [0.4, 0.5) is 5.69 Å². The van der Waals surface area contributed by atoms with E-state index in [4.69, 9.17) is 0 Å². The van der Waals surface area contributed by atoms with Crippen molar-refractivity contribution in [3.05, 3.63) is 65.9 Å². The molecular weight excluding hydrogens is 198 g/mol. The minimum Gasteiger partial charge on any atom is -0.337 e. The third kappa shape index (κ3) is 1.31. The van der Waals surface area contributed by atoms with Gasteiger partial charge in [-0.1, -0.05) is 30.4 Å². The monoisotopic (exact) mass is 209 g/mol. The van der Waals surface area contributed by atoms with Gasteiger partial charge in [0.2, 0.25) is 0 Å². The van der Waals surface area contributed by atoms with Crippen LogP contribution in [0.25, 0.3) is 0 Å². The van der Waals surface area contributed by atoms with Crippen LogP contribution in [-0.2, 0) is 4.79 Å². The van der Waals surface area contributed by atoms with Crippen LogP contribution < -0.4 is 4.90 Å².